The summed E-state index contributed by atoms with van der Waals surface area (Å²) in [6.45, 7) is 4.85. The normalized spacial score (nSPS) is 16.0. The summed E-state index contributed by atoms with van der Waals surface area (Å²) in [6.07, 6.45) is 0. The van der Waals surface area contributed by atoms with E-state index in [-0.39, 0.29) is 0 Å². The lowest BCUT2D eigenvalue weighted by atomic mass is 10.2. The van der Waals surface area contributed by atoms with Gasteiger partial charge in [0.15, 0.2) is 0 Å². The summed E-state index contributed by atoms with van der Waals surface area (Å²) in [7, 11) is 0. The molecular weight excluding hydrogens is 339 g/mol. The van der Waals surface area contributed by atoms with Gasteiger partial charge in [-0.15, -0.1) is 0 Å². The van der Waals surface area contributed by atoms with Crippen LogP contribution >= 0.6 is 34.8 Å². The molecule has 0 N–H and O–H groups in total. The van der Waals surface area contributed by atoms with Gasteiger partial charge in [-0.1, -0.05) is 46.9 Å². The van der Waals surface area contributed by atoms with Gasteiger partial charge in [0.1, 0.15) is 0 Å². The summed E-state index contributed by atoms with van der Waals surface area (Å²) in [5.41, 5.74) is 2.32. The molecular formula is C17H17Cl3N2. The van der Waals surface area contributed by atoms with Crippen molar-refractivity contribution in [3.05, 3.63) is 63.1 Å². The van der Waals surface area contributed by atoms with Crippen LogP contribution in [0.5, 0.6) is 0 Å². The minimum Gasteiger partial charge on any atom is -0.369 e. The van der Waals surface area contributed by atoms with Crippen molar-refractivity contribution >= 4 is 40.5 Å². The molecule has 1 saturated heterocycles. The van der Waals surface area contributed by atoms with Gasteiger partial charge >= 0.3 is 0 Å². The molecule has 5 heteroatoms. The van der Waals surface area contributed by atoms with Gasteiger partial charge in [-0.3, -0.25) is 4.90 Å². The summed E-state index contributed by atoms with van der Waals surface area (Å²) in [5, 5.41) is 2.07. The molecule has 0 radical (unpaired) electrons. The van der Waals surface area contributed by atoms with E-state index in [2.05, 4.69) is 21.9 Å². The van der Waals surface area contributed by atoms with Gasteiger partial charge in [0.2, 0.25) is 0 Å². The van der Waals surface area contributed by atoms with Gasteiger partial charge < -0.3 is 4.90 Å². The Morgan fingerprint density at radius 2 is 1.50 bits per heavy atom. The predicted octanol–water partition coefficient (Wildman–Crippen LogP) is 4.97. The van der Waals surface area contributed by atoms with E-state index >= 15 is 0 Å². The SMILES string of the molecule is Clc1ccc(N2CCN(Cc3cccc(Cl)c3Cl)CC2)cc1. The van der Waals surface area contributed by atoms with Crippen LogP contribution in [0.4, 0.5) is 5.69 Å². The highest BCUT2D eigenvalue weighted by atomic mass is 35.5. The number of halogens is 3. The molecule has 1 heterocycles. The molecule has 3 rings (SSSR count). The van der Waals surface area contributed by atoms with Crippen molar-refractivity contribution in [1.82, 2.24) is 4.90 Å². The number of piperazine rings is 1. The van der Waals surface area contributed by atoms with Gasteiger partial charge in [-0.05, 0) is 35.9 Å². The Hall–Kier alpha value is -0.930. The number of anilines is 1. The lowest BCUT2D eigenvalue weighted by Gasteiger charge is -2.36. The molecule has 22 heavy (non-hydrogen) atoms. The molecule has 0 bridgehead atoms. The minimum absolute atomic E-state index is 0.624. The molecule has 1 aliphatic rings. The average Bonchev–Trinajstić information content (AvgIpc) is 2.53. The lowest BCUT2D eigenvalue weighted by Crippen LogP contribution is -2.46. The standard InChI is InChI=1S/C17H17Cl3N2/c18-14-4-6-15(7-5-14)22-10-8-21(9-11-22)12-13-2-1-3-16(19)17(13)20/h1-7H,8-12H2. The van der Waals surface area contributed by atoms with Crippen LogP contribution in [0.2, 0.25) is 15.1 Å². The fraction of sp³-hybridized carbons (Fsp3) is 0.294. The Labute approximate surface area is 146 Å². The monoisotopic (exact) mass is 354 g/mol. The van der Waals surface area contributed by atoms with Gasteiger partial charge in [-0.25, -0.2) is 0 Å². The average molecular weight is 356 g/mol. The lowest BCUT2D eigenvalue weighted by molar-refractivity contribution is 0.250. The van der Waals surface area contributed by atoms with E-state index in [1.54, 1.807) is 0 Å². The van der Waals surface area contributed by atoms with Crippen molar-refractivity contribution in [3.8, 4) is 0 Å². The summed E-state index contributed by atoms with van der Waals surface area (Å²) < 4.78 is 0. The van der Waals surface area contributed by atoms with Crippen molar-refractivity contribution < 1.29 is 0 Å². The Bertz CT molecular complexity index is 635. The van der Waals surface area contributed by atoms with E-state index in [9.17, 15) is 0 Å². The Balaban J connectivity index is 1.60. The second-order valence-corrected chi connectivity index (χ2v) is 6.67. The molecule has 116 valence electrons. The zero-order valence-corrected chi connectivity index (χ0v) is 14.4. The number of hydrogen-bond donors (Lipinski definition) is 0. The first-order valence-electron chi connectivity index (χ1n) is 7.29. The molecule has 0 aliphatic carbocycles. The molecule has 0 unspecified atom stereocenters. The van der Waals surface area contributed by atoms with Gasteiger partial charge in [0, 0.05) is 43.4 Å². The van der Waals surface area contributed by atoms with E-state index in [0.717, 1.165) is 43.3 Å². The van der Waals surface area contributed by atoms with Crippen LogP contribution in [-0.2, 0) is 6.54 Å². The fourth-order valence-electron chi connectivity index (χ4n) is 2.73. The Kier molecular flexibility index (Phi) is 5.14. The fourth-order valence-corrected chi connectivity index (χ4v) is 3.23. The van der Waals surface area contributed by atoms with Crippen LogP contribution in [0, 0.1) is 0 Å². The molecule has 0 atom stereocenters. The zero-order valence-electron chi connectivity index (χ0n) is 12.1. The van der Waals surface area contributed by atoms with E-state index in [1.807, 2.05) is 30.3 Å². The molecule has 0 spiro atoms. The third-order valence-electron chi connectivity index (χ3n) is 3.99. The van der Waals surface area contributed by atoms with E-state index in [1.165, 1.54) is 5.69 Å². The van der Waals surface area contributed by atoms with Gasteiger partial charge in [0.25, 0.3) is 0 Å². The van der Waals surface area contributed by atoms with Crippen molar-refractivity contribution in [2.45, 2.75) is 6.54 Å². The number of rotatable bonds is 3. The Morgan fingerprint density at radius 1 is 0.818 bits per heavy atom. The highest BCUT2D eigenvalue weighted by Crippen LogP contribution is 2.27. The predicted molar refractivity (Wildman–Crippen MR) is 95.4 cm³/mol. The first kappa shape index (κ1) is 15.9. The number of nitrogens with zero attached hydrogens (tertiary/aromatic N) is 2. The number of hydrogen-bond acceptors (Lipinski definition) is 2. The summed E-state index contributed by atoms with van der Waals surface area (Å²) in [4.78, 5) is 4.79. The molecule has 2 nitrogen and oxygen atoms in total. The first-order chi connectivity index (χ1) is 10.6. The summed E-state index contributed by atoms with van der Waals surface area (Å²) >= 11 is 18.3. The maximum absolute atomic E-state index is 6.27. The van der Waals surface area contributed by atoms with Crippen molar-refractivity contribution in [1.29, 1.82) is 0 Å². The summed E-state index contributed by atoms with van der Waals surface area (Å²) in [6, 6.07) is 13.8. The molecule has 2 aromatic carbocycles. The second-order valence-electron chi connectivity index (χ2n) is 5.45. The maximum atomic E-state index is 6.27. The number of benzene rings is 2. The van der Waals surface area contributed by atoms with Gasteiger partial charge in [-0.2, -0.15) is 0 Å². The highest BCUT2D eigenvalue weighted by molar-refractivity contribution is 6.42. The van der Waals surface area contributed by atoms with Gasteiger partial charge in [0.05, 0.1) is 10.0 Å². The van der Waals surface area contributed by atoms with Crippen LogP contribution in [0.25, 0.3) is 0 Å². The molecule has 2 aromatic rings. The van der Waals surface area contributed by atoms with E-state index in [4.69, 9.17) is 34.8 Å². The van der Waals surface area contributed by atoms with Crippen LogP contribution < -0.4 is 4.90 Å². The van der Waals surface area contributed by atoms with E-state index < -0.39 is 0 Å². The van der Waals surface area contributed by atoms with Crippen molar-refractivity contribution in [3.63, 3.8) is 0 Å². The van der Waals surface area contributed by atoms with Crippen LogP contribution in [0.15, 0.2) is 42.5 Å². The van der Waals surface area contributed by atoms with Crippen LogP contribution in [0.3, 0.4) is 0 Å². The Morgan fingerprint density at radius 3 is 2.18 bits per heavy atom. The molecule has 0 amide bonds. The third-order valence-corrected chi connectivity index (χ3v) is 5.10. The molecule has 1 fully saturated rings. The first-order valence-corrected chi connectivity index (χ1v) is 8.42. The smallest absolute Gasteiger partial charge is 0.0637 e. The third kappa shape index (κ3) is 3.69. The van der Waals surface area contributed by atoms with Crippen molar-refractivity contribution in [2.24, 2.45) is 0 Å². The highest BCUT2D eigenvalue weighted by Gasteiger charge is 2.18. The molecule has 0 saturated carbocycles. The van der Waals surface area contributed by atoms with Crippen LogP contribution in [-0.4, -0.2) is 31.1 Å². The van der Waals surface area contributed by atoms with Crippen LogP contribution in [0.1, 0.15) is 5.56 Å². The zero-order chi connectivity index (χ0) is 15.5. The molecule has 0 aromatic heterocycles. The summed E-state index contributed by atoms with van der Waals surface area (Å²) in [5.74, 6) is 0. The minimum atomic E-state index is 0.624. The quantitative estimate of drug-likeness (QED) is 0.767. The van der Waals surface area contributed by atoms with E-state index in [0.29, 0.717) is 10.0 Å². The second kappa shape index (κ2) is 7.10. The topological polar surface area (TPSA) is 6.48 Å². The maximum Gasteiger partial charge on any atom is 0.0637 e. The molecule has 1 aliphatic heterocycles. The largest absolute Gasteiger partial charge is 0.369 e. The van der Waals surface area contributed by atoms with Crippen molar-refractivity contribution in [2.75, 3.05) is 31.1 Å².